The van der Waals surface area contributed by atoms with Gasteiger partial charge in [0.25, 0.3) is 21.8 Å². The summed E-state index contributed by atoms with van der Waals surface area (Å²) < 4.78 is 28.3. The van der Waals surface area contributed by atoms with E-state index in [0.29, 0.717) is 16.8 Å². The monoisotopic (exact) mass is 451 g/mol. The van der Waals surface area contributed by atoms with E-state index in [2.05, 4.69) is 15.4 Å². The van der Waals surface area contributed by atoms with E-state index in [0.717, 1.165) is 5.56 Å². The molecule has 0 fully saturated rings. The van der Waals surface area contributed by atoms with Crippen molar-refractivity contribution in [1.29, 1.82) is 0 Å². The Morgan fingerprint density at radius 2 is 1.34 bits per heavy atom. The van der Waals surface area contributed by atoms with Crippen molar-refractivity contribution >= 4 is 27.5 Å². The molecular weight excluding hydrogens is 426 g/mol. The molecule has 3 N–H and O–H groups in total. The third-order valence-electron chi connectivity index (χ3n) is 4.78. The van der Waals surface area contributed by atoms with Crippen molar-refractivity contribution in [3.05, 3.63) is 95.1 Å². The molecule has 166 valence electrons. The Morgan fingerprint density at radius 3 is 1.97 bits per heavy atom. The number of nitrogens with one attached hydrogen (secondary N) is 3. The van der Waals surface area contributed by atoms with Gasteiger partial charge in [0, 0.05) is 29.9 Å². The average molecular weight is 452 g/mol. The first-order chi connectivity index (χ1) is 15.3. The molecule has 0 radical (unpaired) electrons. The summed E-state index contributed by atoms with van der Waals surface area (Å²) >= 11 is 0. The largest absolute Gasteiger partial charge is 0.350 e. The molecule has 0 saturated carbocycles. The lowest BCUT2D eigenvalue weighted by Gasteiger charge is -2.13. The first-order valence-electron chi connectivity index (χ1n) is 10.1. The highest BCUT2D eigenvalue weighted by atomic mass is 32.2. The van der Waals surface area contributed by atoms with Crippen LogP contribution in [0.4, 0.5) is 5.69 Å². The normalized spacial score (nSPS) is 10.9. The first-order valence-corrected chi connectivity index (χ1v) is 11.6. The maximum atomic E-state index is 12.9. The van der Waals surface area contributed by atoms with Gasteiger partial charge in [0.2, 0.25) is 0 Å². The van der Waals surface area contributed by atoms with Gasteiger partial charge in [-0.3, -0.25) is 14.3 Å². The number of aryl methyl sites for hydroxylation is 2. The molecule has 0 aliphatic carbocycles. The molecule has 7 nitrogen and oxygen atoms in total. The third-order valence-corrected chi connectivity index (χ3v) is 6.30. The van der Waals surface area contributed by atoms with Crippen LogP contribution in [0.2, 0.25) is 0 Å². The van der Waals surface area contributed by atoms with Gasteiger partial charge in [-0.05, 0) is 55.8 Å². The van der Waals surface area contributed by atoms with Crippen molar-refractivity contribution in [2.75, 3.05) is 17.8 Å². The Kier molecular flexibility index (Phi) is 7.27. The van der Waals surface area contributed by atoms with Crippen LogP contribution in [0.25, 0.3) is 0 Å². The lowest BCUT2D eigenvalue weighted by molar-refractivity contribution is 0.0927. The predicted octanol–water partition coefficient (Wildman–Crippen LogP) is 3.26. The molecule has 0 atom stereocenters. The van der Waals surface area contributed by atoms with E-state index in [1.165, 1.54) is 6.07 Å². The summed E-state index contributed by atoms with van der Waals surface area (Å²) in [5.41, 5.74) is 2.74. The van der Waals surface area contributed by atoms with Crippen LogP contribution in [-0.2, 0) is 10.0 Å². The van der Waals surface area contributed by atoms with Crippen molar-refractivity contribution < 1.29 is 18.0 Å². The van der Waals surface area contributed by atoms with Crippen LogP contribution < -0.4 is 15.4 Å². The number of carbonyl (C=O) groups excluding carboxylic acids is 2. The summed E-state index contributed by atoms with van der Waals surface area (Å²) in [6.07, 6.45) is 0. The standard InChI is InChI=1S/C24H25N3O4S/c1-17-8-12-21(13-9-17)27-32(30,31)22-16-20(11-10-18(22)2)24(29)26-15-14-25-23(28)19-6-4-3-5-7-19/h3-13,16,27H,14-15H2,1-2H3,(H,25,28)(H,26,29). The fourth-order valence-electron chi connectivity index (χ4n) is 3.01. The second kappa shape index (κ2) is 10.1. The fourth-order valence-corrected chi connectivity index (χ4v) is 4.34. The minimum atomic E-state index is -3.87. The van der Waals surface area contributed by atoms with Crippen molar-refractivity contribution in [2.45, 2.75) is 18.7 Å². The molecule has 3 aromatic carbocycles. The van der Waals surface area contributed by atoms with Gasteiger partial charge in [0.15, 0.2) is 0 Å². The molecule has 0 heterocycles. The van der Waals surface area contributed by atoms with E-state index in [4.69, 9.17) is 0 Å². The van der Waals surface area contributed by atoms with Gasteiger partial charge < -0.3 is 10.6 Å². The van der Waals surface area contributed by atoms with Crippen LogP contribution in [0.5, 0.6) is 0 Å². The quantitative estimate of drug-likeness (QED) is 0.457. The van der Waals surface area contributed by atoms with Gasteiger partial charge >= 0.3 is 0 Å². The maximum Gasteiger partial charge on any atom is 0.262 e. The molecule has 0 bridgehead atoms. The van der Waals surface area contributed by atoms with E-state index < -0.39 is 15.9 Å². The summed E-state index contributed by atoms with van der Waals surface area (Å²) in [6.45, 7) is 4.03. The van der Waals surface area contributed by atoms with Crippen LogP contribution in [0.15, 0.2) is 77.7 Å². The number of anilines is 1. The lowest BCUT2D eigenvalue weighted by Crippen LogP contribution is -2.34. The molecule has 32 heavy (non-hydrogen) atoms. The number of hydrogen-bond acceptors (Lipinski definition) is 4. The molecule has 8 heteroatoms. The maximum absolute atomic E-state index is 12.9. The summed E-state index contributed by atoms with van der Waals surface area (Å²) in [5.74, 6) is -0.656. The zero-order valence-corrected chi connectivity index (χ0v) is 18.7. The van der Waals surface area contributed by atoms with Gasteiger partial charge in [-0.2, -0.15) is 0 Å². The van der Waals surface area contributed by atoms with Crippen molar-refractivity contribution in [3.8, 4) is 0 Å². The summed E-state index contributed by atoms with van der Waals surface area (Å²) in [6, 6.07) is 20.3. The third kappa shape index (κ3) is 5.95. The van der Waals surface area contributed by atoms with Crippen LogP contribution in [0.3, 0.4) is 0 Å². The van der Waals surface area contributed by atoms with E-state index >= 15 is 0 Å². The molecule has 0 aromatic heterocycles. The highest BCUT2D eigenvalue weighted by Gasteiger charge is 2.19. The second-order valence-electron chi connectivity index (χ2n) is 7.33. The zero-order valence-electron chi connectivity index (χ0n) is 17.9. The Hall–Kier alpha value is -3.65. The van der Waals surface area contributed by atoms with Crippen LogP contribution in [-0.4, -0.2) is 33.3 Å². The summed E-state index contributed by atoms with van der Waals surface area (Å²) in [5, 5.41) is 5.41. The second-order valence-corrected chi connectivity index (χ2v) is 8.98. The van der Waals surface area contributed by atoms with Gasteiger partial charge in [-0.15, -0.1) is 0 Å². The molecule has 2 amide bonds. The average Bonchev–Trinajstić information content (AvgIpc) is 2.78. The number of amides is 2. The lowest BCUT2D eigenvalue weighted by atomic mass is 10.1. The molecule has 3 aromatic rings. The van der Waals surface area contributed by atoms with Gasteiger partial charge in [-0.1, -0.05) is 42.0 Å². The van der Waals surface area contributed by atoms with E-state index in [-0.39, 0.29) is 29.5 Å². The van der Waals surface area contributed by atoms with Crippen molar-refractivity contribution in [1.82, 2.24) is 10.6 Å². The highest BCUT2D eigenvalue weighted by molar-refractivity contribution is 7.92. The summed E-state index contributed by atoms with van der Waals surface area (Å²) in [4.78, 5) is 24.6. The van der Waals surface area contributed by atoms with E-state index in [9.17, 15) is 18.0 Å². The predicted molar refractivity (Wildman–Crippen MR) is 124 cm³/mol. The van der Waals surface area contributed by atoms with Crippen molar-refractivity contribution in [2.24, 2.45) is 0 Å². The number of sulfonamides is 1. The molecule has 0 aliphatic heterocycles. The smallest absolute Gasteiger partial charge is 0.262 e. The minimum absolute atomic E-state index is 0.0307. The topological polar surface area (TPSA) is 104 Å². The van der Waals surface area contributed by atoms with Crippen LogP contribution in [0, 0.1) is 13.8 Å². The Bertz CT molecular complexity index is 1210. The molecule has 3 rings (SSSR count). The molecule has 0 spiro atoms. The number of carbonyl (C=O) groups is 2. The SMILES string of the molecule is Cc1ccc(NS(=O)(=O)c2cc(C(=O)NCCNC(=O)c3ccccc3)ccc2C)cc1. The zero-order chi connectivity index (χ0) is 23.1. The highest BCUT2D eigenvalue weighted by Crippen LogP contribution is 2.21. The van der Waals surface area contributed by atoms with Crippen molar-refractivity contribution in [3.63, 3.8) is 0 Å². The van der Waals surface area contributed by atoms with Crippen LogP contribution >= 0.6 is 0 Å². The van der Waals surface area contributed by atoms with Gasteiger partial charge in [-0.25, -0.2) is 8.42 Å². The van der Waals surface area contributed by atoms with E-state index in [1.54, 1.807) is 55.5 Å². The first kappa shape index (κ1) is 23.0. The molecule has 0 unspecified atom stereocenters. The number of benzene rings is 3. The van der Waals surface area contributed by atoms with Crippen LogP contribution in [0.1, 0.15) is 31.8 Å². The number of rotatable bonds is 8. The Labute approximate surface area is 187 Å². The van der Waals surface area contributed by atoms with Gasteiger partial charge in [0.1, 0.15) is 0 Å². The van der Waals surface area contributed by atoms with Gasteiger partial charge in [0.05, 0.1) is 4.90 Å². The fraction of sp³-hybridized carbons (Fsp3) is 0.167. The Balaban J connectivity index is 1.62. The Morgan fingerprint density at radius 1 is 0.750 bits per heavy atom. The molecular formula is C24H25N3O4S. The summed E-state index contributed by atoms with van der Waals surface area (Å²) in [7, 11) is -3.87. The molecule has 0 aliphatic rings. The number of hydrogen-bond donors (Lipinski definition) is 3. The van der Waals surface area contributed by atoms with E-state index in [1.807, 2.05) is 25.1 Å². The minimum Gasteiger partial charge on any atom is -0.350 e. The molecule has 0 saturated heterocycles.